The lowest BCUT2D eigenvalue weighted by Crippen LogP contribution is -2.58. The Labute approximate surface area is 180 Å². The molecule has 3 heteroatoms. The Hall–Kier alpha value is -2.55. The quantitative estimate of drug-likeness (QED) is 0.358. The summed E-state index contributed by atoms with van der Waals surface area (Å²) in [5, 5.41) is 3.42. The average Bonchev–Trinajstić information content (AvgIpc) is 2.64. The number of nitrogens with one attached hydrogen (secondary N) is 1. The number of benzene rings is 2. The maximum atomic E-state index is 6.50. The molecule has 4 aliphatic rings. The van der Waals surface area contributed by atoms with Crippen molar-refractivity contribution < 1.29 is 0 Å². The normalized spacial score (nSPS) is 35.1. The Morgan fingerprint density at radius 3 is 2.27 bits per heavy atom. The highest BCUT2D eigenvalue weighted by atomic mass is 15.1. The van der Waals surface area contributed by atoms with Crippen LogP contribution >= 0.6 is 0 Å². The highest BCUT2D eigenvalue weighted by molar-refractivity contribution is 5.95. The maximum absolute atomic E-state index is 6.50. The second kappa shape index (κ2) is 7.01. The highest BCUT2D eigenvalue weighted by Gasteiger charge is 2.60. The first-order chi connectivity index (χ1) is 14.3. The fourth-order valence-corrected chi connectivity index (χ4v) is 7.44. The summed E-state index contributed by atoms with van der Waals surface area (Å²) in [5.74, 6) is 1.37. The summed E-state index contributed by atoms with van der Waals surface area (Å²) in [5.41, 5.74) is 10.7. The van der Waals surface area contributed by atoms with E-state index in [4.69, 9.17) is 10.7 Å². The van der Waals surface area contributed by atoms with Gasteiger partial charge < -0.3 is 11.1 Å². The highest BCUT2D eigenvalue weighted by Crippen LogP contribution is 2.67. The Morgan fingerprint density at radius 1 is 0.900 bits per heavy atom. The number of hydrogen-bond acceptors (Lipinski definition) is 1. The van der Waals surface area contributed by atoms with Crippen molar-refractivity contribution in [2.24, 2.45) is 27.5 Å². The summed E-state index contributed by atoms with van der Waals surface area (Å²) < 4.78 is 0. The van der Waals surface area contributed by atoms with Gasteiger partial charge in [0.05, 0.1) is 5.54 Å². The van der Waals surface area contributed by atoms with E-state index in [1.165, 1.54) is 44.1 Å². The third-order valence-electron chi connectivity index (χ3n) is 7.43. The van der Waals surface area contributed by atoms with Crippen LogP contribution in [-0.4, -0.2) is 11.5 Å². The van der Waals surface area contributed by atoms with Gasteiger partial charge in [-0.2, -0.15) is 0 Å². The number of hydrogen-bond donors (Lipinski definition) is 2. The summed E-state index contributed by atoms with van der Waals surface area (Å²) in [6, 6.07) is 18.7. The molecule has 2 aromatic carbocycles. The SMILES string of the molecule is CC12CC3CC(C)(C1)CC(N=C(N)Nc1ccccc1/C=C/c1ccccc1)(C3)C2. The van der Waals surface area contributed by atoms with Crippen molar-refractivity contribution in [2.45, 2.75) is 57.9 Å². The van der Waals surface area contributed by atoms with Crippen LogP contribution in [0, 0.1) is 16.7 Å². The average molecular weight is 400 g/mol. The minimum atomic E-state index is 0.0226. The molecule has 30 heavy (non-hydrogen) atoms. The minimum absolute atomic E-state index is 0.0226. The molecule has 156 valence electrons. The van der Waals surface area contributed by atoms with Crippen LogP contribution in [-0.2, 0) is 0 Å². The molecule has 0 heterocycles. The van der Waals surface area contributed by atoms with E-state index in [-0.39, 0.29) is 5.54 Å². The lowest BCUT2D eigenvalue weighted by Gasteiger charge is -2.64. The molecule has 3 N–H and O–H groups in total. The van der Waals surface area contributed by atoms with Gasteiger partial charge in [0.1, 0.15) is 0 Å². The standard InChI is InChI=1S/C27H33N3/c1-25-14-21-15-26(2,17-25)19-27(16-21,18-25)30-24(28)29-23-11-7-6-10-22(23)13-12-20-8-4-3-5-9-20/h3-13,21H,14-19H2,1-2H3,(H3,28,29,30)/b13-12+. The fourth-order valence-electron chi connectivity index (χ4n) is 7.44. The lowest BCUT2D eigenvalue weighted by atomic mass is 9.43. The molecule has 4 aliphatic carbocycles. The number of anilines is 1. The van der Waals surface area contributed by atoms with Crippen molar-refractivity contribution in [3.63, 3.8) is 0 Å². The lowest BCUT2D eigenvalue weighted by molar-refractivity contribution is -0.104. The van der Waals surface area contributed by atoms with E-state index in [2.05, 4.69) is 73.8 Å². The minimum Gasteiger partial charge on any atom is -0.370 e. The van der Waals surface area contributed by atoms with Gasteiger partial charge >= 0.3 is 0 Å². The molecule has 2 unspecified atom stereocenters. The Kier molecular flexibility index (Phi) is 4.53. The van der Waals surface area contributed by atoms with Crippen molar-refractivity contribution in [3.8, 4) is 0 Å². The van der Waals surface area contributed by atoms with Crippen LogP contribution in [0.4, 0.5) is 5.69 Å². The number of nitrogens with zero attached hydrogens (tertiary/aromatic N) is 1. The van der Waals surface area contributed by atoms with Gasteiger partial charge in [0.25, 0.3) is 0 Å². The predicted octanol–water partition coefficient (Wildman–Crippen LogP) is 6.33. The Balaban J connectivity index is 1.38. The first-order valence-corrected chi connectivity index (χ1v) is 11.3. The largest absolute Gasteiger partial charge is 0.370 e. The van der Waals surface area contributed by atoms with Gasteiger partial charge in [0, 0.05) is 5.69 Å². The molecule has 0 aliphatic heterocycles. The smallest absolute Gasteiger partial charge is 0.193 e. The first-order valence-electron chi connectivity index (χ1n) is 11.3. The Bertz CT molecular complexity index is 972. The van der Waals surface area contributed by atoms with Crippen LogP contribution in [0.5, 0.6) is 0 Å². The van der Waals surface area contributed by atoms with Gasteiger partial charge in [0.2, 0.25) is 0 Å². The number of guanidine groups is 1. The summed E-state index contributed by atoms with van der Waals surface area (Å²) in [6.07, 6.45) is 11.9. The molecule has 6 rings (SSSR count). The third kappa shape index (κ3) is 3.78. The van der Waals surface area contributed by atoms with E-state index in [1.807, 2.05) is 12.1 Å². The molecule has 0 amide bonds. The van der Waals surface area contributed by atoms with Gasteiger partial charge in [-0.05, 0) is 72.5 Å². The summed E-state index contributed by atoms with van der Waals surface area (Å²) in [4.78, 5) is 5.17. The molecule has 0 aromatic heterocycles. The van der Waals surface area contributed by atoms with Crippen LogP contribution in [0.1, 0.15) is 63.5 Å². The van der Waals surface area contributed by atoms with Crippen molar-refractivity contribution >= 4 is 23.8 Å². The van der Waals surface area contributed by atoms with Crippen molar-refractivity contribution in [1.82, 2.24) is 0 Å². The van der Waals surface area contributed by atoms with Gasteiger partial charge in [-0.15, -0.1) is 0 Å². The third-order valence-corrected chi connectivity index (χ3v) is 7.43. The molecule has 4 saturated carbocycles. The van der Waals surface area contributed by atoms with Crippen LogP contribution in [0.25, 0.3) is 12.2 Å². The number of aliphatic imine (C=N–C) groups is 1. The van der Waals surface area contributed by atoms with Crippen LogP contribution in [0.15, 0.2) is 59.6 Å². The van der Waals surface area contributed by atoms with Crippen molar-refractivity contribution in [1.29, 1.82) is 0 Å². The molecule has 0 saturated heterocycles. The summed E-state index contributed by atoms with van der Waals surface area (Å²) in [7, 11) is 0. The predicted molar refractivity (Wildman–Crippen MR) is 127 cm³/mol. The monoisotopic (exact) mass is 399 g/mol. The molecule has 3 nitrogen and oxygen atoms in total. The molecule has 4 bridgehead atoms. The fraction of sp³-hybridized carbons (Fsp3) is 0.444. The zero-order chi connectivity index (χ0) is 20.8. The van der Waals surface area contributed by atoms with E-state index in [1.54, 1.807) is 0 Å². The molecule has 0 spiro atoms. The zero-order valence-electron chi connectivity index (χ0n) is 18.2. The van der Waals surface area contributed by atoms with Crippen molar-refractivity contribution in [3.05, 3.63) is 65.7 Å². The molecular formula is C27H33N3. The first kappa shape index (κ1) is 19.4. The summed E-state index contributed by atoms with van der Waals surface area (Å²) in [6.45, 7) is 4.96. The number of para-hydroxylation sites is 1. The molecule has 2 aromatic rings. The molecule has 2 atom stereocenters. The van der Waals surface area contributed by atoms with E-state index < -0.39 is 0 Å². The summed E-state index contributed by atoms with van der Waals surface area (Å²) >= 11 is 0. The Morgan fingerprint density at radius 2 is 1.57 bits per heavy atom. The van der Waals surface area contributed by atoms with Crippen LogP contribution in [0.3, 0.4) is 0 Å². The van der Waals surface area contributed by atoms with E-state index in [0.29, 0.717) is 16.8 Å². The van der Waals surface area contributed by atoms with Crippen LogP contribution in [0.2, 0.25) is 0 Å². The van der Waals surface area contributed by atoms with Crippen molar-refractivity contribution in [2.75, 3.05) is 5.32 Å². The maximum Gasteiger partial charge on any atom is 0.193 e. The second-order valence-corrected chi connectivity index (χ2v) is 10.8. The topological polar surface area (TPSA) is 50.4 Å². The van der Waals surface area contributed by atoms with Gasteiger partial charge in [-0.25, -0.2) is 4.99 Å². The number of nitrogens with two attached hydrogens (primary N) is 1. The zero-order valence-corrected chi connectivity index (χ0v) is 18.2. The van der Waals surface area contributed by atoms with Crippen LogP contribution < -0.4 is 11.1 Å². The molecular weight excluding hydrogens is 366 g/mol. The second-order valence-electron chi connectivity index (χ2n) is 10.8. The van der Waals surface area contributed by atoms with E-state index in [9.17, 15) is 0 Å². The van der Waals surface area contributed by atoms with E-state index >= 15 is 0 Å². The van der Waals surface area contributed by atoms with Gasteiger partial charge in [-0.3, -0.25) is 0 Å². The van der Waals surface area contributed by atoms with Gasteiger partial charge in [0.15, 0.2) is 5.96 Å². The molecule has 0 radical (unpaired) electrons. The molecule has 4 fully saturated rings. The van der Waals surface area contributed by atoms with Gasteiger partial charge in [-0.1, -0.05) is 74.5 Å². The number of rotatable bonds is 4. The van der Waals surface area contributed by atoms with E-state index in [0.717, 1.165) is 17.2 Å².